The van der Waals surface area contributed by atoms with Crippen molar-refractivity contribution in [3.8, 4) is 17.0 Å². The van der Waals surface area contributed by atoms with E-state index in [1.165, 1.54) is 19.3 Å². The van der Waals surface area contributed by atoms with Crippen LogP contribution in [0.25, 0.3) is 22.0 Å². The number of aromatic amines is 1. The van der Waals surface area contributed by atoms with E-state index in [9.17, 15) is 19.5 Å². The van der Waals surface area contributed by atoms with Crippen LogP contribution in [0.2, 0.25) is 0 Å². The van der Waals surface area contributed by atoms with E-state index < -0.39 is 6.04 Å². The van der Waals surface area contributed by atoms with Crippen molar-refractivity contribution >= 4 is 54.6 Å². The molecule has 3 fully saturated rings. The molecule has 12 heteroatoms. The molecule has 3 aromatic carbocycles. The molecule has 10 nitrogen and oxygen atoms in total. The number of carbonyl (C=O) groups excluding carboxylic acids is 2. The molecule has 0 unspecified atom stereocenters. The largest absolute Gasteiger partial charge is 0.506 e. The van der Waals surface area contributed by atoms with Gasteiger partial charge in [0.15, 0.2) is 0 Å². The number of amides is 3. The van der Waals surface area contributed by atoms with Crippen molar-refractivity contribution in [1.29, 1.82) is 0 Å². The molecule has 0 spiro atoms. The SMILES string of the molecule is O=C(N[C@H](Cc1cc(Br)c(O)c(Br)c1)C(=O)N1CCC(N2CCCCC2)CC1)N1CCC(n2cc(-c3ccc4ccccc4c3)[nH]c2=O)CC1. The Kier molecular flexibility index (Phi) is 10.7. The second-order valence-electron chi connectivity index (χ2n) is 13.9. The fourth-order valence-corrected chi connectivity index (χ4v) is 9.18. The monoisotopic (exact) mass is 806 g/mol. The number of hydrogen-bond donors (Lipinski definition) is 3. The Hall–Kier alpha value is -3.61. The summed E-state index contributed by atoms with van der Waals surface area (Å²) >= 11 is 6.82. The number of hydrogen-bond acceptors (Lipinski definition) is 5. The van der Waals surface area contributed by atoms with Crippen LogP contribution in [0.1, 0.15) is 56.6 Å². The first-order valence-corrected chi connectivity index (χ1v) is 19.4. The molecule has 3 aliphatic rings. The summed E-state index contributed by atoms with van der Waals surface area (Å²) in [6.45, 7) is 4.57. The van der Waals surface area contributed by atoms with Gasteiger partial charge in [-0.25, -0.2) is 9.59 Å². The first-order valence-electron chi connectivity index (χ1n) is 17.8. The molecule has 50 heavy (non-hydrogen) atoms. The number of phenols is 1. The van der Waals surface area contributed by atoms with Crippen molar-refractivity contribution in [3.05, 3.63) is 85.8 Å². The number of phenolic OH excluding ortho intramolecular Hbond substituents is 1. The normalized spacial score (nSPS) is 18.8. The van der Waals surface area contributed by atoms with E-state index in [0.717, 1.165) is 53.5 Å². The first-order chi connectivity index (χ1) is 24.2. The van der Waals surface area contributed by atoms with Crippen LogP contribution in [-0.2, 0) is 11.2 Å². The molecule has 0 saturated carbocycles. The van der Waals surface area contributed by atoms with Crippen LogP contribution in [0, 0.1) is 0 Å². The zero-order valence-electron chi connectivity index (χ0n) is 28.1. The maximum Gasteiger partial charge on any atom is 0.326 e. The number of benzene rings is 3. The Morgan fingerprint density at radius 1 is 0.820 bits per heavy atom. The summed E-state index contributed by atoms with van der Waals surface area (Å²) in [5.74, 6) is 0.0139. The molecule has 1 atom stereocenters. The molecule has 3 aliphatic heterocycles. The van der Waals surface area contributed by atoms with E-state index >= 15 is 0 Å². The average molecular weight is 809 g/mol. The Morgan fingerprint density at radius 3 is 2.16 bits per heavy atom. The number of aromatic nitrogens is 2. The number of urea groups is 1. The highest BCUT2D eigenvalue weighted by Gasteiger charge is 2.34. The summed E-state index contributed by atoms with van der Waals surface area (Å²) in [6.07, 6.45) is 9.12. The number of nitrogens with one attached hydrogen (secondary N) is 2. The maximum absolute atomic E-state index is 14.1. The summed E-state index contributed by atoms with van der Waals surface area (Å²) in [6, 6.07) is 17.3. The molecule has 3 saturated heterocycles. The minimum Gasteiger partial charge on any atom is -0.506 e. The highest BCUT2D eigenvalue weighted by molar-refractivity contribution is 9.11. The van der Waals surface area contributed by atoms with Crippen LogP contribution in [0.4, 0.5) is 4.79 Å². The number of nitrogens with zero attached hydrogens (tertiary/aromatic N) is 4. The van der Waals surface area contributed by atoms with E-state index in [0.29, 0.717) is 60.4 Å². The smallest absolute Gasteiger partial charge is 0.326 e. The lowest BCUT2D eigenvalue weighted by Crippen LogP contribution is -2.56. The third-order valence-electron chi connectivity index (χ3n) is 10.7. The second-order valence-corrected chi connectivity index (χ2v) is 15.6. The summed E-state index contributed by atoms with van der Waals surface area (Å²) in [4.78, 5) is 50.2. The number of piperidine rings is 3. The Morgan fingerprint density at radius 2 is 1.46 bits per heavy atom. The van der Waals surface area contributed by atoms with Crippen molar-refractivity contribution in [3.63, 3.8) is 0 Å². The molecular weight excluding hydrogens is 764 g/mol. The molecule has 0 bridgehead atoms. The van der Waals surface area contributed by atoms with Gasteiger partial charge >= 0.3 is 11.7 Å². The zero-order chi connectivity index (χ0) is 34.8. The fourth-order valence-electron chi connectivity index (χ4n) is 7.90. The molecule has 3 N–H and O–H groups in total. The second kappa shape index (κ2) is 15.3. The van der Waals surface area contributed by atoms with Gasteiger partial charge in [0.2, 0.25) is 5.91 Å². The molecule has 3 amide bonds. The fraction of sp³-hybridized carbons (Fsp3) is 0.447. The third kappa shape index (κ3) is 7.67. The predicted octanol–water partition coefficient (Wildman–Crippen LogP) is 6.66. The lowest BCUT2D eigenvalue weighted by atomic mass is 9.98. The Balaban J connectivity index is 1.01. The number of aromatic hydroxyl groups is 1. The summed E-state index contributed by atoms with van der Waals surface area (Å²) < 4.78 is 2.81. The molecule has 1 aromatic heterocycles. The van der Waals surface area contributed by atoms with Gasteiger partial charge in [0, 0.05) is 56.4 Å². The van der Waals surface area contributed by atoms with Gasteiger partial charge < -0.3 is 30.1 Å². The highest BCUT2D eigenvalue weighted by Crippen LogP contribution is 2.34. The third-order valence-corrected chi connectivity index (χ3v) is 12.0. The van der Waals surface area contributed by atoms with E-state index in [1.807, 2.05) is 29.3 Å². The molecular formula is C38H44Br2N6O4. The van der Waals surface area contributed by atoms with Crippen molar-refractivity contribution in [2.45, 2.75) is 69.5 Å². The highest BCUT2D eigenvalue weighted by atomic mass is 79.9. The van der Waals surface area contributed by atoms with Crippen molar-refractivity contribution in [1.82, 2.24) is 29.6 Å². The van der Waals surface area contributed by atoms with Crippen LogP contribution in [0.3, 0.4) is 0 Å². The minimum atomic E-state index is -0.757. The summed E-state index contributed by atoms with van der Waals surface area (Å²) in [5, 5.41) is 15.6. The number of carbonyl (C=O) groups is 2. The van der Waals surface area contributed by atoms with E-state index in [2.05, 4.69) is 71.3 Å². The van der Waals surface area contributed by atoms with Gasteiger partial charge in [-0.2, -0.15) is 0 Å². The molecule has 0 radical (unpaired) electrons. The standard InChI is InChI=1S/C38H44Br2N6O4/c39-31-20-25(21-32(40)35(31)47)22-33(36(48)44-16-10-29(11-17-44)43-14-4-1-5-15-43)41-37(49)45-18-12-30(13-19-45)46-24-34(42-38(46)50)28-9-8-26-6-2-3-7-27(26)23-28/h2-3,6-9,20-21,23-24,29-30,33,47H,1,4-5,10-19,22H2,(H,41,49)(H,42,50)/t33-/m1/s1. The molecule has 0 aliphatic carbocycles. The molecule has 4 heterocycles. The topological polar surface area (TPSA) is 114 Å². The van der Waals surface area contributed by atoms with Crippen LogP contribution < -0.4 is 11.0 Å². The van der Waals surface area contributed by atoms with Crippen molar-refractivity contribution in [2.75, 3.05) is 39.3 Å². The minimum absolute atomic E-state index is 0.0395. The van der Waals surface area contributed by atoms with Crippen molar-refractivity contribution < 1.29 is 14.7 Å². The molecule has 7 rings (SSSR count). The number of rotatable bonds is 7. The van der Waals surface area contributed by atoms with Crippen LogP contribution >= 0.6 is 31.9 Å². The predicted molar refractivity (Wildman–Crippen MR) is 202 cm³/mol. The van der Waals surface area contributed by atoms with Crippen LogP contribution in [0.15, 0.2) is 74.5 Å². The number of imidazole rings is 1. The Bertz CT molecular complexity index is 1880. The van der Waals surface area contributed by atoms with Gasteiger partial charge in [-0.15, -0.1) is 0 Å². The number of halogens is 2. The number of H-pyrrole nitrogens is 1. The van der Waals surface area contributed by atoms with Crippen molar-refractivity contribution in [2.24, 2.45) is 0 Å². The van der Waals surface area contributed by atoms with Gasteiger partial charge in [-0.05, 0) is 118 Å². The maximum atomic E-state index is 14.1. The first kappa shape index (κ1) is 34.8. The average Bonchev–Trinajstić information content (AvgIpc) is 3.54. The van der Waals surface area contributed by atoms with Crippen LogP contribution in [-0.4, -0.2) is 92.6 Å². The van der Waals surface area contributed by atoms with Gasteiger partial charge in [0.25, 0.3) is 0 Å². The van der Waals surface area contributed by atoms with Gasteiger partial charge in [-0.3, -0.25) is 9.36 Å². The molecule has 264 valence electrons. The van der Waals surface area contributed by atoms with E-state index in [4.69, 9.17) is 0 Å². The number of likely N-dealkylation sites (tertiary alicyclic amines) is 3. The lowest BCUT2D eigenvalue weighted by molar-refractivity contribution is -0.134. The molecule has 4 aromatic rings. The van der Waals surface area contributed by atoms with Gasteiger partial charge in [0.1, 0.15) is 11.8 Å². The van der Waals surface area contributed by atoms with E-state index in [1.54, 1.807) is 21.6 Å². The summed E-state index contributed by atoms with van der Waals surface area (Å²) in [5.41, 5.74) is 2.39. The Labute approximate surface area is 309 Å². The van der Waals surface area contributed by atoms with Gasteiger partial charge in [-0.1, -0.05) is 42.8 Å². The van der Waals surface area contributed by atoms with E-state index in [-0.39, 0.29) is 29.4 Å². The van der Waals surface area contributed by atoms with Gasteiger partial charge in [0.05, 0.1) is 14.6 Å². The quantitative estimate of drug-likeness (QED) is 0.193. The number of fused-ring (bicyclic) bond motifs is 1. The van der Waals surface area contributed by atoms with Crippen LogP contribution in [0.5, 0.6) is 5.75 Å². The zero-order valence-corrected chi connectivity index (χ0v) is 31.3. The summed E-state index contributed by atoms with van der Waals surface area (Å²) in [7, 11) is 0. The lowest BCUT2D eigenvalue weighted by Gasteiger charge is -2.41.